The van der Waals surface area contributed by atoms with Gasteiger partial charge in [0.2, 0.25) is 0 Å². The SMILES string of the molecule is CC1(C)c2ccccc2-c2cc3c(cc21)[nH]c1cccc(N(c2ccccc2)c2ccccc2)c13. The Morgan fingerprint density at radius 2 is 1.23 bits per heavy atom. The van der Waals surface area contributed by atoms with E-state index in [0.29, 0.717) is 0 Å². The maximum absolute atomic E-state index is 3.74. The molecule has 35 heavy (non-hydrogen) atoms. The number of aromatic amines is 1. The van der Waals surface area contributed by atoms with Gasteiger partial charge in [0.15, 0.2) is 0 Å². The van der Waals surface area contributed by atoms with E-state index in [1.165, 1.54) is 44.2 Å². The highest BCUT2D eigenvalue weighted by Crippen LogP contribution is 2.51. The van der Waals surface area contributed by atoms with E-state index in [1.807, 2.05) is 0 Å². The summed E-state index contributed by atoms with van der Waals surface area (Å²) in [5, 5.41) is 2.51. The highest BCUT2D eigenvalue weighted by Gasteiger charge is 2.35. The summed E-state index contributed by atoms with van der Waals surface area (Å²) in [6.45, 7) is 4.67. The van der Waals surface area contributed by atoms with Crippen molar-refractivity contribution < 1.29 is 0 Å². The molecule has 7 rings (SSSR count). The number of H-pyrrole nitrogens is 1. The number of rotatable bonds is 3. The van der Waals surface area contributed by atoms with E-state index in [9.17, 15) is 0 Å². The predicted octanol–water partition coefficient (Wildman–Crippen LogP) is 9.10. The average molecular weight is 451 g/mol. The van der Waals surface area contributed by atoms with Crippen molar-refractivity contribution in [3.8, 4) is 11.1 Å². The molecule has 2 heteroatoms. The van der Waals surface area contributed by atoms with Crippen LogP contribution in [0.15, 0.2) is 115 Å². The normalized spacial score (nSPS) is 13.7. The predicted molar refractivity (Wildman–Crippen MR) is 148 cm³/mol. The van der Waals surface area contributed by atoms with Gasteiger partial charge in [0.25, 0.3) is 0 Å². The lowest BCUT2D eigenvalue weighted by Crippen LogP contribution is -2.14. The molecule has 0 saturated heterocycles. The molecule has 1 N–H and O–H groups in total. The van der Waals surface area contributed by atoms with Gasteiger partial charge >= 0.3 is 0 Å². The first-order valence-electron chi connectivity index (χ1n) is 12.2. The third kappa shape index (κ3) is 2.90. The number of nitrogens with zero attached hydrogens (tertiary/aromatic N) is 1. The smallest absolute Gasteiger partial charge is 0.0561 e. The lowest BCUT2D eigenvalue weighted by molar-refractivity contribution is 0.661. The summed E-state index contributed by atoms with van der Waals surface area (Å²) in [6, 6.07) is 41.5. The molecule has 168 valence electrons. The maximum Gasteiger partial charge on any atom is 0.0561 e. The van der Waals surface area contributed by atoms with Crippen LogP contribution in [0.25, 0.3) is 32.9 Å². The summed E-state index contributed by atoms with van der Waals surface area (Å²) in [4.78, 5) is 6.11. The standard InChI is InChI=1S/C33H26N2/c1-33(2)27-17-10-9-16-24(27)25-20-26-30(21-28(25)33)34-29-18-11-19-31(32(26)29)35(22-12-5-3-6-13-22)23-14-7-4-8-15-23/h3-21,34H,1-2H3. The molecular formula is C33H26N2. The van der Waals surface area contributed by atoms with Crippen molar-refractivity contribution >= 4 is 38.9 Å². The second-order valence-electron chi connectivity index (χ2n) is 9.95. The highest BCUT2D eigenvalue weighted by atomic mass is 15.1. The molecule has 0 radical (unpaired) electrons. The van der Waals surface area contributed by atoms with Crippen LogP contribution in [0, 0.1) is 0 Å². The number of fused-ring (bicyclic) bond motifs is 6. The second kappa shape index (κ2) is 7.35. The molecule has 5 aromatic carbocycles. The molecule has 1 aliphatic carbocycles. The van der Waals surface area contributed by atoms with Crippen molar-refractivity contribution in [2.45, 2.75) is 19.3 Å². The lowest BCUT2D eigenvalue weighted by atomic mass is 9.82. The molecule has 0 spiro atoms. The van der Waals surface area contributed by atoms with Gasteiger partial charge in [-0.25, -0.2) is 0 Å². The van der Waals surface area contributed by atoms with Crippen LogP contribution in [0.5, 0.6) is 0 Å². The number of benzene rings is 5. The first-order valence-corrected chi connectivity index (χ1v) is 12.2. The fourth-order valence-electron chi connectivity index (χ4n) is 5.90. The zero-order valence-corrected chi connectivity index (χ0v) is 19.9. The fourth-order valence-corrected chi connectivity index (χ4v) is 5.90. The van der Waals surface area contributed by atoms with Gasteiger partial charge in [-0.05, 0) is 70.8 Å². The Bertz CT molecular complexity index is 1670. The Labute approximate surface area is 205 Å². The Morgan fingerprint density at radius 1 is 0.571 bits per heavy atom. The van der Waals surface area contributed by atoms with Gasteiger partial charge in [0.05, 0.1) is 5.69 Å². The first-order chi connectivity index (χ1) is 17.1. The second-order valence-corrected chi connectivity index (χ2v) is 9.95. The van der Waals surface area contributed by atoms with E-state index in [1.54, 1.807) is 0 Å². The third-order valence-electron chi connectivity index (χ3n) is 7.57. The summed E-state index contributed by atoms with van der Waals surface area (Å²) >= 11 is 0. The van der Waals surface area contributed by atoms with Crippen molar-refractivity contribution in [1.82, 2.24) is 4.98 Å². The Hall–Kier alpha value is -4.30. The van der Waals surface area contributed by atoms with Crippen LogP contribution in [0.3, 0.4) is 0 Å². The molecule has 0 amide bonds. The van der Waals surface area contributed by atoms with Crippen LogP contribution in [-0.2, 0) is 5.41 Å². The van der Waals surface area contributed by atoms with E-state index in [0.717, 1.165) is 16.9 Å². The minimum Gasteiger partial charge on any atom is -0.354 e. The van der Waals surface area contributed by atoms with Crippen LogP contribution in [0.2, 0.25) is 0 Å². The molecule has 6 aromatic rings. The lowest BCUT2D eigenvalue weighted by Gasteiger charge is -2.26. The average Bonchev–Trinajstić information content (AvgIpc) is 3.37. The summed E-state index contributed by atoms with van der Waals surface area (Å²) < 4.78 is 0. The molecule has 1 aliphatic rings. The molecule has 2 nitrogen and oxygen atoms in total. The van der Waals surface area contributed by atoms with Gasteiger partial charge in [-0.2, -0.15) is 0 Å². The summed E-state index contributed by atoms with van der Waals surface area (Å²) in [7, 11) is 0. The van der Waals surface area contributed by atoms with E-state index < -0.39 is 0 Å². The zero-order chi connectivity index (χ0) is 23.6. The molecule has 1 aromatic heterocycles. The number of para-hydroxylation sites is 2. The molecule has 0 unspecified atom stereocenters. The third-order valence-corrected chi connectivity index (χ3v) is 7.57. The largest absolute Gasteiger partial charge is 0.354 e. The Balaban J connectivity index is 1.55. The van der Waals surface area contributed by atoms with E-state index in [4.69, 9.17) is 0 Å². The number of anilines is 3. The summed E-state index contributed by atoms with van der Waals surface area (Å²) in [5.74, 6) is 0. The molecule has 0 aliphatic heterocycles. The molecular weight excluding hydrogens is 424 g/mol. The number of aromatic nitrogens is 1. The zero-order valence-electron chi connectivity index (χ0n) is 19.9. The first kappa shape index (κ1) is 20.1. The van der Waals surface area contributed by atoms with E-state index >= 15 is 0 Å². The van der Waals surface area contributed by atoms with Crippen LogP contribution >= 0.6 is 0 Å². The van der Waals surface area contributed by atoms with E-state index in [2.05, 4.69) is 139 Å². The summed E-state index contributed by atoms with van der Waals surface area (Å²) in [6.07, 6.45) is 0. The van der Waals surface area contributed by atoms with Crippen molar-refractivity contribution in [1.29, 1.82) is 0 Å². The van der Waals surface area contributed by atoms with Gasteiger partial charge in [-0.15, -0.1) is 0 Å². The van der Waals surface area contributed by atoms with Crippen LogP contribution in [0.4, 0.5) is 17.1 Å². The topological polar surface area (TPSA) is 19.0 Å². The van der Waals surface area contributed by atoms with Gasteiger partial charge in [0.1, 0.15) is 0 Å². The van der Waals surface area contributed by atoms with Crippen LogP contribution in [-0.4, -0.2) is 4.98 Å². The van der Waals surface area contributed by atoms with Gasteiger partial charge in [0, 0.05) is 38.6 Å². The molecule has 0 saturated carbocycles. The quantitative estimate of drug-likeness (QED) is 0.285. The molecule has 0 atom stereocenters. The van der Waals surface area contributed by atoms with Gasteiger partial charge < -0.3 is 9.88 Å². The number of hydrogen-bond acceptors (Lipinski definition) is 1. The molecule has 1 heterocycles. The van der Waals surface area contributed by atoms with E-state index in [-0.39, 0.29) is 5.41 Å². The monoisotopic (exact) mass is 450 g/mol. The Kier molecular flexibility index (Phi) is 4.22. The van der Waals surface area contributed by atoms with Crippen molar-refractivity contribution in [3.05, 3.63) is 126 Å². The fraction of sp³-hybridized carbons (Fsp3) is 0.0909. The van der Waals surface area contributed by atoms with Gasteiger partial charge in [-0.3, -0.25) is 0 Å². The van der Waals surface area contributed by atoms with Crippen molar-refractivity contribution in [3.63, 3.8) is 0 Å². The van der Waals surface area contributed by atoms with Crippen LogP contribution < -0.4 is 4.90 Å². The molecule has 0 fully saturated rings. The minimum atomic E-state index is -0.0135. The number of nitrogens with one attached hydrogen (secondary N) is 1. The van der Waals surface area contributed by atoms with Gasteiger partial charge in [-0.1, -0.05) is 80.6 Å². The number of hydrogen-bond donors (Lipinski definition) is 1. The van der Waals surface area contributed by atoms with Crippen LogP contribution in [0.1, 0.15) is 25.0 Å². The molecule has 0 bridgehead atoms. The van der Waals surface area contributed by atoms with Crippen molar-refractivity contribution in [2.75, 3.05) is 4.90 Å². The maximum atomic E-state index is 3.74. The Morgan fingerprint density at radius 3 is 1.94 bits per heavy atom. The highest BCUT2D eigenvalue weighted by molar-refractivity contribution is 6.16. The minimum absolute atomic E-state index is 0.0135. The van der Waals surface area contributed by atoms with Crippen molar-refractivity contribution in [2.24, 2.45) is 0 Å². The summed E-state index contributed by atoms with van der Waals surface area (Å²) in [5.41, 5.74) is 11.3.